The molecular formula is C19H23FN4O2. The van der Waals surface area contributed by atoms with Gasteiger partial charge in [0.15, 0.2) is 0 Å². The molecule has 6 nitrogen and oxygen atoms in total. The third kappa shape index (κ3) is 5.15. The summed E-state index contributed by atoms with van der Waals surface area (Å²) in [7, 11) is 0. The van der Waals surface area contributed by atoms with Gasteiger partial charge in [-0.15, -0.1) is 0 Å². The summed E-state index contributed by atoms with van der Waals surface area (Å²) in [4.78, 5) is 22.9. The number of anilines is 1. The van der Waals surface area contributed by atoms with Crippen LogP contribution in [-0.4, -0.2) is 42.1 Å². The summed E-state index contributed by atoms with van der Waals surface area (Å²) < 4.78 is 18.5. The van der Waals surface area contributed by atoms with Crippen molar-refractivity contribution in [3.8, 4) is 5.88 Å². The number of nitrogens with zero attached hydrogens (tertiary/aromatic N) is 3. The maximum Gasteiger partial charge on any atom is 0.224 e. The third-order valence-electron chi connectivity index (χ3n) is 4.18. The smallest absolute Gasteiger partial charge is 0.224 e. The minimum atomic E-state index is -0.309. The fourth-order valence-corrected chi connectivity index (χ4v) is 2.90. The largest absolute Gasteiger partial charge is 0.476 e. The fourth-order valence-electron chi connectivity index (χ4n) is 2.90. The normalized spacial score (nSPS) is 13.7. The lowest BCUT2D eigenvalue weighted by molar-refractivity contribution is -0.120. The molecule has 0 aliphatic carbocycles. The molecule has 1 saturated heterocycles. The number of rotatable bonds is 7. The van der Waals surface area contributed by atoms with E-state index in [9.17, 15) is 9.18 Å². The number of halogens is 1. The Balaban J connectivity index is 1.44. The van der Waals surface area contributed by atoms with E-state index in [0.29, 0.717) is 24.9 Å². The van der Waals surface area contributed by atoms with Crippen LogP contribution in [0.3, 0.4) is 0 Å². The standard InChI is InChI=1S/C19H23FN4O2/c1-14-22-17(24-9-2-3-10-24)13-19(23-14)26-11-8-21-18(25)12-15-4-6-16(20)7-5-15/h4-7,13H,2-3,8-12H2,1H3,(H,21,25). The summed E-state index contributed by atoms with van der Waals surface area (Å²) in [6.07, 6.45) is 2.57. The molecule has 0 bridgehead atoms. The molecule has 2 heterocycles. The van der Waals surface area contributed by atoms with Gasteiger partial charge >= 0.3 is 0 Å². The Morgan fingerprint density at radius 1 is 1.23 bits per heavy atom. The molecule has 0 saturated carbocycles. The number of benzene rings is 1. The van der Waals surface area contributed by atoms with Crippen LogP contribution >= 0.6 is 0 Å². The van der Waals surface area contributed by atoms with Crippen LogP contribution in [0.4, 0.5) is 10.2 Å². The van der Waals surface area contributed by atoms with Gasteiger partial charge in [0.2, 0.25) is 11.8 Å². The maximum absolute atomic E-state index is 12.9. The molecule has 0 atom stereocenters. The number of hydrogen-bond donors (Lipinski definition) is 1. The van der Waals surface area contributed by atoms with Gasteiger partial charge in [-0.2, -0.15) is 4.98 Å². The van der Waals surface area contributed by atoms with Crippen LogP contribution in [0.2, 0.25) is 0 Å². The summed E-state index contributed by atoms with van der Waals surface area (Å²) in [6.45, 7) is 4.56. The van der Waals surface area contributed by atoms with E-state index in [4.69, 9.17) is 4.74 Å². The Morgan fingerprint density at radius 3 is 2.69 bits per heavy atom. The lowest BCUT2D eigenvalue weighted by atomic mass is 10.1. The molecule has 1 fully saturated rings. The zero-order valence-corrected chi connectivity index (χ0v) is 14.9. The van der Waals surface area contributed by atoms with Crippen molar-refractivity contribution in [3.63, 3.8) is 0 Å². The number of nitrogens with one attached hydrogen (secondary N) is 1. The van der Waals surface area contributed by atoms with Gasteiger partial charge < -0.3 is 15.0 Å². The van der Waals surface area contributed by atoms with Gasteiger partial charge in [0.05, 0.1) is 13.0 Å². The van der Waals surface area contributed by atoms with Gasteiger partial charge in [-0.25, -0.2) is 9.37 Å². The highest BCUT2D eigenvalue weighted by molar-refractivity contribution is 5.78. The number of carbonyl (C=O) groups excluding carboxylic acids is 1. The average Bonchev–Trinajstić information content (AvgIpc) is 3.15. The molecule has 1 aromatic heterocycles. The van der Waals surface area contributed by atoms with Crippen molar-refractivity contribution < 1.29 is 13.9 Å². The first-order valence-corrected chi connectivity index (χ1v) is 8.85. The summed E-state index contributed by atoms with van der Waals surface area (Å²) >= 11 is 0. The predicted octanol–water partition coefficient (Wildman–Crippen LogP) is 2.26. The Kier molecular flexibility index (Phi) is 5.99. The summed E-state index contributed by atoms with van der Waals surface area (Å²) in [5.41, 5.74) is 0.770. The highest BCUT2D eigenvalue weighted by Crippen LogP contribution is 2.21. The maximum atomic E-state index is 12.9. The third-order valence-corrected chi connectivity index (χ3v) is 4.18. The van der Waals surface area contributed by atoms with E-state index < -0.39 is 0 Å². The van der Waals surface area contributed by atoms with E-state index in [0.717, 1.165) is 24.5 Å². The molecule has 2 aromatic rings. The van der Waals surface area contributed by atoms with Gasteiger partial charge in [0.1, 0.15) is 24.1 Å². The monoisotopic (exact) mass is 358 g/mol. The van der Waals surface area contributed by atoms with E-state index in [2.05, 4.69) is 20.2 Å². The van der Waals surface area contributed by atoms with Crippen molar-refractivity contribution in [2.75, 3.05) is 31.1 Å². The molecule has 138 valence electrons. The highest BCUT2D eigenvalue weighted by Gasteiger charge is 2.15. The van der Waals surface area contributed by atoms with Crippen LogP contribution in [0.1, 0.15) is 24.2 Å². The fraction of sp³-hybridized carbons (Fsp3) is 0.421. The number of ether oxygens (including phenoxy) is 1. The molecule has 3 rings (SSSR count). The second-order valence-electron chi connectivity index (χ2n) is 6.31. The Hall–Kier alpha value is -2.70. The zero-order valence-electron chi connectivity index (χ0n) is 14.9. The highest BCUT2D eigenvalue weighted by atomic mass is 19.1. The van der Waals surface area contributed by atoms with Crippen molar-refractivity contribution in [1.82, 2.24) is 15.3 Å². The molecule has 26 heavy (non-hydrogen) atoms. The summed E-state index contributed by atoms with van der Waals surface area (Å²) in [6, 6.07) is 7.75. The van der Waals surface area contributed by atoms with Crippen LogP contribution in [0.25, 0.3) is 0 Å². The lowest BCUT2D eigenvalue weighted by Crippen LogP contribution is -2.29. The van der Waals surface area contributed by atoms with Crippen molar-refractivity contribution in [3.05, 3.63) is 47.5 Å². The molecule has 0 unspecified atom stereocenters. The SMILES string of the molecule is Cc1nc(OCCNC(=O)Cc2ccc(F)cc2)cc(N2CCCC2)n1. The van der Waals surface area contributed by atoms with Crippen molar-refractivity contribution in [2.24, 2.45) is 0 Å². The number of aromatic nitrogens is 2. The molecule has 1 aliphatic rings. The summed E-state index contributed by atoms with van der Waals surface area (Å²) in [5, 5.41) is 2.79. The molecule has 1 N–H and O–H groups in total. The minimum absolute atomic E-state index is 0.128. The van der Waals surface area contributed by atoms with E-state index in [1.165, 1.54) is 25.0 Å². The molecule has 0 spiro atoms. The second-order valence-corrected chi connectivity index (χ2v) is 6.31. The molecule has 1 amide bonds. The minimum Gasteiger partial charge on any atom is -0.476 e. The van der Waals surface area contributed by atoms with Crippen LogP contribution in [-0.2, 0) is 11.2 Å². The number of amides is 1. The number of carbonyl (C=O) groups is 1. The average molecular weight is 358 g/mol. The van der Waals surface area contributed by atoms with Crippen LogP contribution in [0.5, 0.6) is 5.88 Å². The van der Waals surface area contributed by atoms with Crippen LogP contribution in [0, 0.1) is 12.7 Å². The number of aryl methyl sites for hydroxylation is 1. The van der Waals surface area contributed by atoms with Crippen LogP contribution < -0.4 is 15.0 Å². The first-order chi connectivity index (χ1) is 12.6. The van der Waals surface area contributed by atoms with E-state index in [1.54, 1.807) is 12.1 Å². The van der Waals surface area contributed by atoms with Crippen LogP contribution in [0.15, 0.2) is 30.3 Å². The van der Waals surface area contributed by atoms with Gasteiger partial charge in [-0.3, -0.25) is 4.79 Å². The molecule has 7 heteroatoms. The second kappa shape index (κ2) is 8.60. The first kappa shape index (κ1) is 18.1. The number of hydrogen-bond acceptors (Lipinski definition) is 5. The lowest BCUT2D eigenvalue weighted by Gasteiger charge is -2.17. The predicted molar refractivity (Wildman–Crippen MR) is 96.8 cm³/mol. The van der Waals surface area contributed by atoms with E-state index in [-0.39, 0.29) is 18.1 Å². The van der Waals surface area contributed by atoms with Crippen molar-refractivity contribution in [2.45, 2.75) is 26.2 Å². The molecule has 1 aromatic carbocycles. The zero-order chi connectivity index (χ0) is 18.4. The molecule has 0 radical (unpaired) electrons. The van der Waals surface area contributed by atoms with Crippen molar-refractivity contribution >= 4 is 11.7 Å². The van der Waals surface area contributed by atoms with Crippen molar-refractivity contribution in [1.29, 1.82) is 0 Å². The summed E-state index contributed by atoms with van der Waals surface area (Å²) in [5.74, 6) is 1.65. The quantitative estimate of drug-likeness (QED) is 0.769. The van der Waals surface area contributed by atoms with Gasteiger partial charge in [-0.05, 0) is 37.5 Å². The topological polar surface area (TPSA) is 67.3 Å². The molecule has 1 aliphatic heterocycles. The first-order valence-electron chi connectivity index (χ1n) is 8.85. The van der Waals surface area contributed by atoms with E-state index >= 15 is 0 Å². The molecular weight excluding hydrogens is 335 g/mol. The van der Waals surface area contributed by atoms with Gasteiger partial charge in [0.25, 0.3) is 0 Å². The van der Waals surface area contributed by atoms with Gasteiger partial charge in [0, 0.05) is 19.2 Å². The Morgan fingerprint density at radius 2 is 1.96 bits per heavy atom. The van der Waals surface area contributed by atoms with Gasteiger partial charge in [-0.1, -0.05) is 12.1 Å². The Bertz CT molecular complexity index is 746. The Labute approximate surface area is 152 Å². The van der Waals surface area contributed by atoms with E-state index in [1.807, 2.05) is 13.0 Å².